The lowest BCUT2D eigenvalue weighted by Crippen LogP contribution is -2.33. The molecule has 0 aliphatic carbocycles. The van der Waals surface area contributed by atoms with Gasteiger partial charge in [-0.1, -0.05) is 36.4 Å². The van der Waals surface area contributed by atoms with Gasteiger partial charge in [0, 0.05) is 5.56 Å². The summed E-state index contributed by atoms with van der Waals surface area (Å²) in [5.41, 5.74) is 5.52. The lowest BCUT2D eigenvalue weighted by molar-refractivity contribution is -0.117. The molecule has 2 aromatic rings. The van der Waals surface area contributed by atoms with Gasteiger partial charge in [-0.15, -0.1) is 0 Å². The Balaban J connectivity index is 2.35. The van der Waals surface area contributed by atoms with Crippen molar-refractivity contribution in [3.05, 3.63) is 48.0 Å². The van der Waals surface area contributed by atoms with Crippen LogP contribution >= 0.6 is 0 Å². The average Bonchev–Trinajstić information content (AvgIpc) is 2.35. The van der Waals surface area contributed by atoms with Crippen LogP contribution in [0.25, 0.3) is 10.8 Å². The molecular weight excluding hydrogens is 216 g/mol. The molecule has 0 fully saturated rings. The first-order chi connectivity index (χ1) is 8.18. The largest absolute Gasteiger partial charge is 0.368 e. The maximum Gasteiger partial charge on any atom is 0.252 e. The number of hydrogen-bond acceptors (Lipinski definition) is 2. The maximum absolute atomic E-state index is 11.8. The van der Waals surface area contributed by atoms with E-state index >= 15 is 0 Å². The number of primary amides is 1. The Morgan fingerprint density at radius 3 is 2.53 bits per heavy atom. The number of amides is 2. The second-order valence-electron chi connectivity index (χ2n) is 3.68. The first-order valence-electron chi connectivity index (χ1n) is 5.23. The molecule has 0 aliphatic rings. The molecule has 2 rings (SSSR count). The summed E-state index contributed by atoms with van der Waals surface area (Å²) in [6, 6.07) is 13.0. The van der Waals surface area contributed by atoms with Crippen molar-refractivity contribution in [2.24, 2.45) is 5.73 Å². The normalized spacial score (nSPS) is 10.1. The van der Waals surface area contributed by atoms with Gasteiger partial charge in [-0.3, -0.25) is 9.59 Å². The van der Waals surface area contributed by atoms with Crippen molar-refractivity contribution >= 4 is 22.6 Å². The van der Waals surface area contributed by atoms with Crippen LogP contribution in [0.15, 0.2) is 42.5 Å². The Labute approximate surface area is 98.4 Å². The third kappa shape index (κ3) is 2.42. The van der Waals surface area contributed by atoms with E-state index in [4.69, 9.17) is 5.73 Å². The van der Waals surface area contributed by atoms with Crippen molar-refractivity contribution in [2.75, 3.05) is 6.54 Å². The zero-order chi connectivity index (χ0) is 12.3. The molecule has 0 heterocycles. The molecule has 86 valence electrons. The van der Waals surface area contributed by atoms with Gasteiger partial charge in [-0.2, -0.15) is 0 Å². The molecule has 0 atom stereocenters. The van der Waals surface area contributed by atoms with Gasteiger partial charge < -0.3 is 11.1 Å². The molecule has 4 heteroatoms. The fraction of sp³-hybridized carbons (Fsp3) is 0.0769. The van der Waals surface area contributed by atoms with Gasteiger partial charge in [0.1, 0.15) is 0 Å². The smallest absolute Gasteiger partial charge is 0.252 e. The van der Waals surface area contributed by atoms with E-state index in [1.807, 2.05) is 36.4 Å². The number of rotatable bonds is 3. The van der Waals surface area contributed by atoms with E-state index in [2.05, 4.69) is 5.32 Å². The number of nitrogens with two attached hydrogens (primary N) is 1. The van der Waals surface area contributed by atoms with Gasteiger partial charge in [0.15, 0.2) is 0 Å². The van der Waals surface area contributed by atoms with E-state index in [-0.39, 0.29) is 12.5 Å². The predicted octanol–water partition coefficient (Wildman–Crippen LogP) is 1.05. The standard InChI is InChI=1S/C13H12N2O2/c14-12(16)8-15-13(17)11-7-3-5-9-4-1-2-6-10(9)11/h1-7H,8H2,(H2,14,16)(H,15,17). The van der Waals surface area contributed by atoms with E-state index in [0.29, 0.717) is 5.56 Å². The molecule has 0 aliphatic heterocycles. The van der Waals surface area contributed by atoms with E-state index in [1.54, 1.807) is 6.07 Å². The summed E-state index contributed by atoms with van der Waals surface area (Å²) < 4.78 is 0. The molecule has 2 aromatic carbocycles. The van der Waals surface area contributed by atoms with Crippen LogP contribution in [0.3, 0.4) is 0 Å². The molecule has 3 N–H and O–H groups in total. The number of carbonyl (C=O) groups excluding carboxylic acids is 2. The summed E-state index contributed by atoms with van der Waals surface area (Å²) in [6.45, 7) is -0.151. The first kappa shape index (κ1) is 11.1. The number of benzene rings is 2. The first-order valence-corrected chi connectivity index (χ1v) is 5.23. The van der Waals surface area contributed by atoms with Crippen LogP contribution in [0.5, 0.6) is 0 Å². The van der Waals surface area contributed by atoms with Gasteiger partial charge >= 0.3 is 0 Å². The van der Waals surface area contributed by atoms with Crippen LogP contribution in [-0.4, -0.2) is 18.4 Å². The zero-order valence-electron chi connectivity index (χ0n) is 9.14. The Bertz CT molecular complexity index is 573. The Morgan fingerprint density at radius 2 is 1.76 bits per heavy atom. The fourth-order valence-electron chi connectivity index (χ4n) is 1.69. The molecule has 17 heavy (non-hydrogen) atoms. The summed E-state index contributed by atoms with van der Waals surface area (Å²) >= 11 is 0. The third-order valence-electron chi connectivity index (χ3n) is 2.46. The monoisotopic (exact) mass is 228 g/mol. The van der Waals surface area contributed by atoms with Crippen molar-refractivity contribution in [1.82, 2.24) is 5.32 Å². The van der Waals surface area contributed by atoms with Crippen LogP contribution in [-0.2, 0) is 4.79 Å². The lowest BCUT2D eigenvalue weighted by Gasteiger charge is -2.06. The molecule has 0 saturated heterocycles. The van der Waals surface area contributed by atoms with E-state index in [0.717, 1.165) is 10.8 Å². The molecular formula is C13H12N2O2. The average molecular weight is 228 g/mol. The number of hydrogen-bond donors (Lipinski definition) is 2. The highest BCUT2D eigenvalue weighted by molar-refractivity contribution is 6.07. The summed E-state index contributed by atoms with van der Waals surface area (Å²) in [4.78, 5) is 22.5. The highest BCUT2D eigenvalue weighted by atomic mass is 16.2. The van der Waals surface area contributed by atoms with Gasteiger partial charge in [0.2, 0.25) is 5.91 Å². The van der Waals surface area contributed by atoms with Crippen molar-refractivity contribution < 1.29 is 9.59 Å². The van der Waals surface area contributed by atoms with Crippen molar-refractivity contribution in [1.29, 1.82) is 0 Å². The van der Waals surface area contributed by atoms with Crippen LogP contribution in [0.1, 0.15) is 10.4 Å². The molecule has 2 amide bonds. The summed E-state index contributed by atoms with van der Waals surface area (Å²) in [6.07, 6.45) is 0. The van der Waals surface area contributed by atoms with E-state index in [9.17, 15) is 9.59 Å². The number of nitrogens with one attached hydrogen (secondary N) is 1. The second-order valence-corrected chi connectivity index (χ2v) is 3.68. The molecule has 0 spiro atoms. The Hall–Kier alpha value is -2.36. The maximum atomic E-state index is 11.8. The van der Waals surface area contributed by atoms with Crippen LogP contribution in [0.4, 0.5) is 0 Å². The minimum Gasteiger partial charge on any atom is -0.368 e. The number of fused-ring (bicyclic) bond motifs is 1. The van der Waals surface area contributed by atoms with Gasteiger partial charge in [0.05, 0.1) is 6.54 Å². The Morgan fingerprint density at radius 1 is 1.06 bits per heavy atom. The van der Waals surface area contributed by atoms with Gasteiger partial charge in [0.25, 0.3) is 5.91 Å². The lowest BCUT2D eigenvalue weighted by atomic mass is 10.0. The SMILES string of the molecule is NC(=O)CNC(=O)c1cccc2ccccc12. The summed E-state index contributed by atoms with van der Waals surface area (Å²) in [5, 5.41) is 4.32. The molecule has 0 radical (unpaired) electrons. The number of carbonyl (C=O) groups is 2. The molecule has 0 bridgehead atoms. The fourth-order valence-corrected chi connectivity index (χ4v) is 1.69. The summed E-state index contributed by atoms with van der Waals surface area (Å²) in [7, 11) is 0. The molecule has 0 saturated carbocycles. The minimum absolute atomic E-state index is 0.151. The quantitative estimate of drug-likeness (QED) is 0.824. The highest BCUT2D eigenvalue weighted by Crippen LogP contribution is 2.18. The predicted molar refractivity (Wildman–Crippen MR) is 65.5 cm³/mol. The molecule has 0 unspecified atom stereocenters. The highest BCUT2D eigenvalue weighted by Gasteiger charge is 2.09. The van der Waals surface area contributed by atoms with Crippen molar-refractivity contribution in [3.8, 4) is 0 Å². The van der Waals surface area contributed by atoms with Crippen LogP contribution in [0.2, 0.25) is 0 Å². The summed E-state index contributed by atoms with van der Waals surface area (Å²) in [5.74, 6) is -0.848. The van der Waals surface area contributed by atoms with Gasteiger partial charge in [-0.25, -0.2) is 0 Å². The minimum atomic E-state index is -0.557. The van der Waals surface area contributed by atoms with Crippen LogP contribution in [0, 0.1) is 0 Å². The topological polar surface area (TPSA) is 72.2 Å². The third-order valence-corrected chi connectivity index (χ3v) is 2.46. The van der Waals surface area contributed by atoms with Crippen LogP contribution < -0.4 is 11.1 Å². The molecule has 0 aromatic heterocycles. The van der Waals surface area contributed by atoms with E-state index in [1.165, 1.54) is 0 Å². The van der Waals surface area contributed by atoms with Crippen molar-refractivity contribution in [2.45, 2.75) is 0 Å². The molecule has 4 nitrogen and oxygen atoms in total. The Kier molecular flexibility index (Phi) is 3.05. The van der Waals surface area contributed by atoms with Crippen molar-refractivity contribution in [3.63, 3.8) is 0 Å². The second kappa shape index (κ2) is 4.65. The van der Waals surface area contributed by atoms with Gasteiger partial charge in [-0.05, 0) is 16.8 Å². The van der Waals surface area contributed by atoms with E-state index < -0.39 is 5.91 Å². The zero-order valence-corrected chi connectivity index (χ0v) is 9.14.